The van der Waals surface area contributed by atoms with Gasteiger partial charge < -0.3 is 10.6 Å². The van der Waals surface area contributed by atoms with Gasteiger partial charge in [-0.25, -0.2) is 18.7 Å². The Labute approximate surface area is 179 Å². The molecule has 1 aliphatic heterocycles. The Morgan fingerprint density at radius 3 is 2.81 bits per heavy atom. The molecule has 1 aromatic carbocycles. The number of aromatic nitrogens is 3. The van der Waals surface area contributed by atoms with Crippen LogP contribution in [0.2, 0.25) is 0 Å². The second-order valence-corrected chi connectivity index (χ2v) is 7.85. The molecule has 0 radical (unpaired) electrons. The Hall–Kier alpha value is -3.42. The molecule has 1 unspecified atom stereocenters. The van der Waals surface area contributed by atoms with E-state index >= 15 is 0 Å². The Morgan fingerprint density at radius 1 is 1.19 bits per heavy atom. The van der Waals surface area contributed by atoms with Crippen LogP contribution < -0.4 is 5.73 Å². The molecule has 1 saturated heterocycles. The number of likely N-dealkylation sites (tertiary alicyclic amines) is 1. The van der Waals surface area contributed by atoms with E-state index < -0.39 is 11.6 Å². The molecule has 2 aromatic heterocycles. The lowest BCUT2D eigenvalue weighted by atomic mass is 10.0. The summed E-state index contributed by atoms with van der Waals surface area (Å²) in [5.41, 5.74) is 8.16. The van der Waals surface area contributed by atoms with Gasteiger partial charge in [0, 0.05) is 43.0 Å². The van der Waals surface area contributed by atoms with Gasteiger partial charge in [0.05, 0.1) is 23.5 Å². The minimum atomic E-state index is -0.713. The fourth-order valence-electron chi connectivity index (χ4n) is 3.84. The molecule has 160 valence electrons. The molecule has 1 atom stereocenters. The number of hydrogen-bond acceptors (Lipinski definition) is 5. The van der Waals surface area contributed by atoms with Gasteiger partial charge in [-0.05, 0) is 49.6 Å². The molecule has 4 rings (SSSR count). The van der Waals surface area contributed by atoms with Crippen molar-refractivity contribution in [3.05, 3.63) is 71.4 Å². The molecule has 3 aromatic rings. The Kier molecular flexibility index (Phi) is 5.88. The van der Waals surface area contributed by atoms with Crippen LogP contribution in [0.15, 0.2) is 42.6 Å². The molecule has 31 heavy (non-hydrogen) atoms. The number of anilines is 1. The predicted molar refractivity (Wildman–Crippen MR) is 113 cm³/mol. The lowest BCUT2D eigenvalue weighted by Gasteiger charge is -2.17. The van der Waals surface area contributed by atoms with Crippen LogP contribution in [0.25, 0.3) is 11.3 Å². The molecule has 0 aliphatic carbocycles. The highest BCUT2D eigenvalue weighted by Gasteiger charge is 2.27. The van der Waals surface area contributed by atoms with Crippen LogP contribution in [0, 0.1) is 24.5 Å². The number of aryl methyl sites for hydroxylation is 1. The van der Waals surface area contributed by atoms with Crippen LogP contribution in [-0.4, -0.2) is 38.8 Å². The summed E-state index contributed by atoms with van der Waals surface area (Å²) in [6, 6.07) is 8.32. The van der Waals surface area contributed by atoms with E-state index in [1.807, 2.05) is 13.0 Å². The Balaban J connectivity index is 1.44. The summed E-state index contributed by atoms with van der Waals surface area (Å²) in [6.07, 6.45) is 3.38. The number of pyridine rings is 1. The summed E-state index contributed by atoms with van der Waals surface area (Å²) in [5, 5.41) is 0. The zero-order chi connectivity index (χ0) is 22.0. The zero-order valence-corrected chi connectivity index (χ0v) is 17.2. The molecule has 0 saturated carbocycles. The van der Waals surface area contributed by atoms with Gasteiger partial charge in [-0.15, -0.1) is 0 Å². The van der Waals surface area contributed by atoms with Crippen molar-refractivity contribution in [2.75, 3.05) is 18.8 Å². The number of halogens is 2. The van der Waals surface area contributed by atoms with Gasteiger partial charge in [0.2, 0.25) is 5.91 Å². The Bertz CT molecular complexity index is 1120. The molecule has 1 fully saturated rings. The molecule has 0 bridgehead atoms. The molecule has 1 aliphatic rings. The predicted octanol–water partition coefficient (Wildman–Crippen LogP) is 3.34. The summed E-state index contributed by atoms with van der Waals surface area (Å²) >= 11 is 0. The van der Waals surface area contributed by atoms with Crippen LogP contribution in [0.4, 0.5) is 14.5 Å². The normalized spacial score (nSPS) is 16.0. The fourth-order valence-corrected chi connectivity index (χ4v) is 3.84. The van der Waals surface area contributed by atoms with E-state index in [0.717, 1.165) is 30.4 Å². The van der Waals surface area contributed by atoms with E-state index in [1.54, 1.807) is 23.2 Å². The first kappa shape index (κ1) is 20.8. The number of nitrogens with zero attached hydrogens (tertiary/aromatic N) is 4. The number of rotatable bonds is 5. The maximum Gasteiger partial charge on any atom is 0.228 e. The molecule has 3 heterocycles. The standard InChI is InChI=1S/C23H23F2N5O/c1-14-6-8-27-22(28-14)10-15-7-9-30(13-15)23(31)12-21-19(26)4-5-20(29-21)17-3-2-16(24)11-18(17)25/h2-6,8,11,15H,7,9-10,12-13,26H2,1H3. The van der Waals surface area contributed by atoms with Crippen LogP contribution >= 0.6 is 0 Å². The van der Waals surface area contributed by atoms with Gasteiger partial charge in [-0.3, -0.25) is 9.78 Å². The monoisotopic (exact) mass is 423 g/mol. The van der Waals surface area contributed by atoms with Crippen molar-refractivity contribution in [1.82, 2.24) is 19.9 Å². The third-order valence-corrected chi connectivity index (χ3v) is 5.49. The second-order valence-electron chi connectivity index (χ2n) is 7.85. The number of carbonyl (C=O) groups is 1. The minimum absolute atomic E-state index is 0.0240. The maximum atomic E-state index is 14.1. The topological polar surface area (TPSA) is 85.0 Å². The average molecular weight is 423 g/mol. The van der Waals surface area contributed by atoms with E-state index in [0.29, 0.717) is 36.1 Å². The number of carbonyl (C=O) groups excluding carboxylic acids is 1. The third-order valence-electron chi connectivity index (χ3n) is 5.49. The van der Waals surface area contributed by atoms with Crippen LogP contribution in [0.1, 0.15) is 23.6 Å². The second kappa shape index (κ2) is 8.75. The first-order valence-corrected chi connectivity index (χ1v) is 10.2. The average Bonchev–Trinajstić information content (AvgIpc) is 3.18. The number of nitrogen functional groups attached to an aromatic ring is 1. The highest BCUT2D eigenvalue weighted by atomic mass is 19.1. The molecule has 8 heteroatoms. The third kappa shape index (κ3) is 4.84. The lowest BCUT2D eigenvalue weighted by molar-refractivity contribution is -0.129. The van der Waals surface area contributed by atoms with Crippen molar-refractivity contribution in [2.45, 2.75) is 26.2 Å². The van der Waals surface area contributed by atoms with E-state index in [4.69, 9.17) is 5.73 Å². The summed E-state index contributed by atoms with van der Waals surface area (Å²) in [6.45, 7) is 3.21. The lowest BCUT2D eigenvalue weighted by Crippen LogP contribution is -2.31. The van der Waals surface area contributed by atoms with Crippen molar-refractivity contribution in [1.29, 1.82) is 0 Å². The number of nitrogens with two attached hydrogens (primary N) is 1. The van der Waals surface area contributed by atoms with Crippen molar-refractivity contribution in [3.63, 3.8) is 0 Å². The van der Waals surface area contributed by atoms with E-state index in [1.165, 1.54) is 12.1 Å². The quantitative estimate of drug-likeness (QED) is 0.680. The first-order chi connectivity index (χ1) is 14.9. The number of amides is 1. The van der Waals surface area contributed by atoms with Crippen molar-refractivity contribution < 1.29 is 13.6 Å². The molecular formula is C23H23F2N5O. The first-order valence-electron chi connectivity index (χ1n) is 10.2. The minimum Gasteiger partial charge on any atom is -0.397 e. The van der Waals surface area contributed by atoms with Crippen molar-refractivity contribution >= 4 is 11.6 Å². The van der Waals surface area contributed by atoms with Crippen LogP contribution in [0.5, 0.6) is 0 Å². The zero-order valence-electron chi connectivity index (χ0n) is 17.2. The number of benzene rings is 1. The maximum absolute atomic E-state index is 14.1. The van der Waals surface area contributed by atoms with E-state index in [2.05, 4.69) is 15.0 Å². The molecule has 0 spiro atoms. The largest absolute Gasteiger partial charge is 0.397 e. The van der Waals surface area contributed by atoms with Crippen molar-refractivity contribution in [2.24, 2.45) is 5.92 Å². The summed E-state index contributed by atoms with van der Waals surface area (Å²) < 4.78 is 27.3. The summed E-state index contributed by atoms with van der Waals surface area (Å²) in [4.78, 5) is 27.8. The van der Waals surface area contributed by atoms with Gasteiger partial charge in [0.1, 0.15) is 17.5 Å². The van der Waals surface area contributed by atoms with Gasteiger partial charge in [-0.2, -0.15) is 0 Å². The van der Waals surface area contributed by atoms with Crippen LogP contribution in [-0.2, 0) is 17.6 Å². The number of hydrogen-bond donors (Lipinski definition) is 1. The molecular weight excluding hydrogens is 400 g/mol. The van der Waals surface area contributed by atoms with Gasteiger partial charge in [0.25, 0.3) is 0 Å². The molecule has 1 amide bonds. The van der Waals surface area contributed by atoms with Gasteiger partial charge in [0.15, 0.2) is 0 Å². The van der Waals surface area contributed by atoms with Crippen molar-refractivity contribution in [3.8, 4) is 11.3 Å². The highest BCUT2D eigenvalue weighted by molar-refractivity contribution is 5.80. The van der Waals surface area contributed by atoms with Gasteiger partial charge >= 0.3 is 0 Å². The Morgan fingerprint density at radius 2 is 2.03 bits per heavy atom. The molecule has 2 N–H and O–H groups in total. The molecule has 6 nitrogen and oxygen atoms in total. The highest BCUT2D eigenvalue weighted by Crippen LogP contribution is 2.25. The SMILES string of the molecule is Cc1ccnc(CC2CCN(C(=O)Cc3nc(-c4ccc(F)cc4F)ccc3N)C2)n1. The summed E-state index contributed by atoms with van der Waals surface area (Å²) in [5.74, 6) is -0.361. The van der Waals surface area contributed by atoms with E-state index in [-0.39, 0.29) is 17.9 Å². The summed E-state index contributed by atoms with van der Waals surface area (Å²) in [7, 11) is 0. The fraction of sp³-hybridized carbons (Fsp3) is 0.304. The van der Waals surface area contributed by atoms with E-state index in [9.17, 15) is 13.6 Å². The smallest absolute Gasteiger partial charge is 0.228 e. The van der Waals surface area contributed by atoms with Crippen LogP contribution in [0.3, 0.4) is 0 Å². The van der Waals surface area contributed by atoms with Gasteiger partial charge in [-0.1, -0.05) is 0 Å².